The monoisotopic (exact) mass is 195 g/mol. The SMILES string of the molecule is CC(F)c1ccc2c(c1)OCCCN2. The second-order valence-corrected chi connectivity index (χ2v) is 3.50. The van der Waals surface area contributed by atoms with E-state index in [1.54, 1.807) is 12.1 Å². The summed E-state index contributed by atoms with van der Waals surface area (Å²) >= 11 is 0. The Morgan fingerprint density at radius 3 is 3.14 bits per heavy atom. The van der Waals surface area contributed by atoms with Crippen LogP contribution in [0.5, 0.6) is 5.75 Å². The van der Waals surface area contributed by atoms with E-state index in [0.29, 0.717) is 12.2 Å². The average Bonchev–Trinajstić information content (AvgIpc) is 2.41. The molecule has 0 bridgehead atoms. The van der Waals surface area contributed by atoms with Crippen molar-refractivity contribution >= 4 is 5.69 Å². The molecule has 76 valence electrons. The summed E-state index contributed by atoms with van der Waals surface area (Å²) in [6.07, 6.45) is 0.0435. The third kappa shape index (κ3) is 1.81. The van der Waals surface area contributed by atoms with Crippen LogP contribution >= 0.6 is 0 Å². The lowest BCUT2D eigenvalue weighted by Crippen LogP contribution is -1.99. The molecule has 1 aliphatic rings. The Kier molecular flexibility index (Phi) is 2.57. The minimum atomic E-state index is -0.938. The van der Waals surface area contributed by atoms with Crippen LogP contribution in [0.1, 0.15) is 25.1 Å². The average molecular weight is 195 g/mol. The highest BCUT2D eigenvalue weighted by molar-refractivity contribution is 5.58. The molecule has 1 aliphatic heterocycles. The fraction of sp³-hybridized carbons (Fsp3) is 0.455. The van der Waals surface area contributed by atoms with Crippen LogP contribution in [-0.4, -0.2) is 13.2 Å². The summed E-state index contributed by atoms with van der Waals surface area (Å²) in [5.74, 6) is 0.768. The van der Waals surface area contributed by atoms with Gasteiger partial charge in [-0.1, -0.05) is 6.07 Å². The summed E-state index contributed by atoms with van der Waals surface area (Å²) in [6.45, 7) is 3.15. The van der Waals surface area contributed by atoms with Gasteiger partial charge in [0.05, 0.1) is 12.3 Å². The van der Waals surface area contributed by atoms with Gasteiger partial charge in [0.15, 0.2) is 0 Å². The molecule has 0 saturated heterocycles. The number of benzene rings is 1. The van der Waals surface area contributed by atoms with Crippen LogP contribution in [0.15, 0.2) is 18.2 Å². The Morgan fingerprint density at radius 1 is 1.50 bits per heavy atom. The van der Waals surface area contributed by atoms with Gasteiger partial charge in [-0.25, -0.2) is 4.39 Å². The summed E-state index contributed by atoms with van der Waals surface area (Å²) < 4.78 is 18.5. The van der Waals surface area contributed by atoms with Gasteiger partial charge in [-0.05, 0) is 31.0 Å². The maximum atomic E-state index is 13.0. The Labute approximate surface area is 83.1 Å². The van der Waals surface area contributed by atoms with Gasteiger partial charge < -0.3 is 10.1 Å². The van der Waals surface area contributed by atoms with Gasteiger partial charge >= 0.3 is 0 Å². The number of alkyl halides is 1. The van der Waals surface area contributed by atoms with Crippen LogP contribution in [0.2, 0.25) is 0 Å². The molecule has 0 saturated carbocycles. The van der Waals surface area contributed by atoms with Gasteiger partial charge in [0.2, 0.25) is 0 Å². The summed E-state index contributed by atoms with van der Waals surface area (Å²) in [5, 5.41) is 3.24. The predicted molar refractivity (Wildman–Crippen MR) is 54.6 cm³/mol. The molecular weight excluding hydrogens is 181 g/mol. The highest BCUT2D eigenvalue weighted by Gasteiger charge is 2.11. The topological polar surface area (TPSA) is 21.3 Å². The van der Waals surface area contributed by atoms with Gasteiger partial charge in [0.25, 0.3) is 0 Å². The van der Waals surface area contributed by atoms with Crippen LogP contribution in [0, 0.1) is 0 Å². The Bertz CT molecular complexity index is 325. The molecule has 0 amide bonds. The number of nitrogens with one attached hydrogen (secondary N) is 1. The molecule has 1 aromatic carbocycles. The Morgan fingerprint density at radius 2 is 2.36 bits per heavy atom. The molecule has 0 aliphatic carbocycles. The van der Waals surface area contributed by atoms with E-state index < -0.39 is 6.17 Å². The molecule has 14 heavy (non-hydrogen) atoms. The number of fused-ring (bicyclic) bond motifs is 1. The van der Waals surface area contributed by atoms with Gasteiger partial charge in [-0.2, -0.15) is 0 Å². The fourth-order valence-corrected chi connectivity index (χ4v) is 1.53. The molecule has 3 heteroatoms. The van der Waals surface area contributed by atoms with E-state index in [9.17, 15) is 4.39 Å². The van der Waals surface area contributed by atoms with Crippen molar-refractivity contribution in [2.45, 2.75) is 19.5 Å². The number of hydrogen-bond donors (Lipinski definition) is 1. The van der Waals surface area contributed by atoms with Crippen LogP contribution in [0.3, 0.4) is 0 Å². The van der Waals surface area contributed by atoms with Gasteiger partial charge in [-0.3, -0.25) is 0 Å². The molecule has 0 spiro atoms. The molecular formula is C11H14FNO. The third-order valence-corrected chi connectivity index (χ3v) is 2.36. The predicted octanol–water partition coefficient (Wildman–Crippen LogP) is 2.91. The number of rotatable bonds is 1. The smallest absolute Gasteiger partial charge is 0.142 e. The van der Waals surface area contributed by atoms with E-state index in [1.807, 2.05) is 6.07 Å². The van der Waals surface area contributed by atoms with Crippen LogP contribution in [0.25, 0.3) is 0 Å². The number of halogens is 1. The van der Waals surface area contributed by atoms with Crippen molar-refractivity contribution in [1.29, 1.82) is 0 Å². The number of ether oxygens (including phenoxy) is 1. The summed E-state index contributed by atoms with van der Waals surface area (Å²) in [7, 11) is 0. The first-order valence-electron chi connectivity index (χ1n) is 4.92. The fourth-order valence-electron chi connectivity index (χ4n) is 1.53. The normalized spacial score (nSPS) is 17.3. The van der Waals surface area contributed by atoms with E-state index in [4.69, 9.17) is 4.74 Å². The van der Waals surface area contributed by atoms with Gasteiger partial charge in [0.1, 0.15) is 11.9 Å². The minimum Gasteiger partial charge on any atom is -0.491 e. The van der Waals surface area contributed by atoms with Crippen molar-refractivity contribution in [1.82, 2.24) is 0 Å². The quantitative estimate of drug-likeness (QED) is 0.744. The highest BCUT2D eigenvalue weighted by atomic mass is 19.1. The minimum absolute atomic E-state index is 0.674. The van der Waals surface area contributed by atoms with Crippen molar-refractivity contribution in [3.63, 3.8) is 0 Å². The van der Waals surface area contributed by atoms with Crippen LogP contribution < -0.4 is 10.1 Å². The van der Waals surface area contributed by atoms with Gasteiger partial charge in [-0.15, -0.1) is 0 Å². The lowest BCUT2D eigenvalue weighted by Gasteiger charge is -2.10. The highest BCUT2D eigenvalue weighted by Crippen LogP contribution is 2.30. The maximum Gasteiger partial charge on any atom is 0.142 e. The molecule has 1 aromatic rings. The van der Waals surface area contributed by atoms with E-state index in [-0.39, 0.29) is 0 Å². The standard InChI is InChI=1S/C11H14FNO/c1-8(12)9-3-4-10-11(7-9)14-6-2-5-13-10/h3-4,7-8,13H,2,5-6H2,1H3. The zero-order valence-corrected chi connectivity index (χ0v) is 8.22. The van der Waals surface area contributed by atoms with Crippen LogP contribution in [0.4, 0.5) is 10.1 Å². The van der Waals surface area contributed by atoms with Crippen LogP contribution in [-0.2, 0) is 0 Å². The molecule has 0 radical (unpaired) electrons. The Hall–Kier alpha value is -1.25. The van der Waals surface area contributed by atoms with Crippen molar-refractivity contribution < 1.29 is 9.13 Å². The van der Waals surface area contributed by atoms with Crippen molar-refractivity contribution in [2.75, 3.05) is 18.5 Å². The Balaban J connectivity index is 2.32. The molecule has 0 fully saturated rings. The molecule has 1 heterocycles. The first-order valence-corrected chi connectivity index (χ1v) is 4.92. The van der Waals surface area contributed by atoms with E-state index in [2.05, 4.69) is 5.32 Å². The zero-order chi connectivity index (χ0) is 9.97. The summed E-state index contributed by atoms with van der Waals surface area (Å²) in [6, 6.07) is 5.45. The summed E-state index contributed by atoms with van der Waals surface area (Å²) in [4.78, 5) is 0. The second-order valence-electron chi connectivity index (χ2n) is 3.50. The lowest BCUT2D eigenvalue weighted by molar-refractivity contribution is 0.320. The van der Waals surface area contributed by atoms with Crippen molar-refractivity contribution in [2.24, 2.45) is 0 Å². The zero-order valence-electron chi connectivity index (χ0n) is 8.22. The van der Waals surface area contributed by atoms with E-state index in [1.165, 1.54) is 6.92 Å². The lowest BCUT2D eigenvalue weighted by atomic mass is 10.1. The van der Waals surface area contributed by atoms with Gasteiger partial charge in [0, 0.05) is 6.54 Å². The largest absolute Gasteiger partial charge is 0.491 e. The molecule has 1 unspecified atom stereocenters. The number of anilines is 1. The molecule has 0 aromatic heterocycles. The second kappa shape index (κ2) is 3.86. The van der Waals surface area contributed by atoms with Crippen molar-refractivity contribution in [3.8, 4) is 5.75 Å². The third-order valence-electron chi connectivity index (χ3n) is 2.36. The first-order chi connectivity index (χ1) is 6.77. The van der Waals surface area contributed by atoms with Crippen molar-refractivity contribution in [3.05, 3.63) is 23.8 Å². The molecule has 1 N–H and O–H groups in total. The maximum absolute atomic E-state index is 13.0. The molecule has 2 nitrogen and oxygen atoms in total. The summed E-state index contributed by atoms with van der Waals surface area (Å²) in [5.41, 5.74) is 1.64. The molecule has 2 rings (SSSR count). The molecule has 1 atom stereocenters. The first kappa shape index (κ1) is 9.31. The number of hydrogen-bond acceptors (Lipinski definition) is 2. The van der Waals surface area contributed by atoms with E-state index in [0.717, 1.165) is 24.4 Å². The van der Waals surface area contributed by atoms with E-state index >= 15 is 0 Å².